The van der Waals surface area contributed by atoms with E-state index < -0.39 is 0 Å². The summed E-state index contributed by atoms with van der Waals surface area (Å²) in [5.41, 5.74) is 13.0. The summed E-state index contributed by atoms with van der Waals surface area (Å²) in [5.74, 6) is 0. The largest absolute Gasteiger partial charge is 0.310 e. The van der Waals surface area contributed by atoms with Crippen LogP contribution in [0.1, 0.15) is 0 Å². The fourth-order valence-corrected chi connectivity index (χ4v) is 8.11. The van der Waals surface area contributed by atoms with Gasteiger partial charge in [-0.05, 0) is 114 Å². The van der Waals surface area contributed by atoms with Gasteiger partial charge in [-0.15, -0.1) is 0 Å². The van der Waals surface area contributed by atoms with Crippen LogP contribution in [0.2, 0.25) is 0 Å². The molecule has 0 heterocycles. The molecule has 10 aromatic rings. The average molecular weight is 700 g/mol. The monoisotopic (exact) mass is 699 g/mol. The Morgan fingerprint density at radius 2 is 0.673 bits per heavy atom. The van der Waals surface area contributed by atoms with Gasteiger partial charge in [0.1, 0.15) is 0 Å². The molecule has 0 bridgehead atoms. The molecule has 1 nitrogen and oxygen atoms in total. The molecule has 0 atom stereocenters. The number of anilines is 3. The maximum atomic E-state index is 2.41. The number of rotatable bonds is 7. The molecule has 10 aromatic carbocycles. The molecule has 0 aliphatic rings. The first-order valence-electron chi connectivity index (χ1n) is 18.9. The van der Waals surface area contributed by atoms with Gasteiger partial charge >= 0.3 is 0 Å². The van der Waals surface area contributed by atoms with Gasteiger partial charge in [0.2, 0.25) is 0 Å². The molecular weight excluding hydrogens is 663 g/mol. The Bertz CT molecular complexity index is 2950. The number of benzene rings is 10. The Hall–Kier alpha value is -7.22. The van der Waals surface area contributed by atoms with E-state index in [1.54, 1.807) is 0 Å². The maximum absolute atomic E-state index is 2.41. The van der Waals surface area contributed by atoms with Crippen molar-refractivity contribution < 1.29 is 0 Å². The Morgan fingerprint density at radius 3 is 1.33 bits per heavy atom. The standard InChI is InChI=1S/C54H37N/c1-2-13-38(14-3-1)42-18-10-19-43(35-42)39-27-31-47(32-28-39)55(54-37-46-16-5-7-23-51(46)52-24-8-9-25-53(52)54)48-33-29-40(30-34-48)44-20-11-21-45(36-44)50-26-12-17-41-15-4-6-22-49(41)50/h1-37H. The second-order valence-electron chi connectivity index (χ2n) is 14.1. The minimum atomic E-state index is 1.10. The molecule has 0 saturated carbocycles. The van der Waals surface area contributed by atoms with Gasteiger partial charge in [0.15, 0.2) is 0 Å². The lowest BCUT2D eigenvalue weighted by atomic mass is 9.95. The Labute approximate surface area is 322 Å². The Kier molecular flexibility index (Phi) is 8.24. The summed E-state index contributed by atoms with van der Waals surface area (Å²) in [6, 6.07) is 81.4. The van der Waals surface area contributed by atoms with E-state index in [9.17, 15) is 0 Å². The molecule has 0 aliphatic heterocycles. The molecule has 0 spiro atoms. The SMILES string of the molecule is c1ccc(-c2cccc(-c3ccc(N(c4ccc(-c5cccc(-c6cccc7ccccc67)c5)cc4)c4cc5ccccc5c5ccccc45)cc3)c2)cc1. The minimum Gasteiger partial charge on any atom is -0.310 e. The van der Waals surface area contributed by atoms with Crippen molar-refractivity contribution in [2.24, 2.45) is 0 Å². The lowest BCUT2D eigenvalue weighted by Crippen LogP contribution is -2.10. The zero-order valence-corrected chi connectivity index (χ0v) is 30.3. The maximum Gasteiger partial charge on any atom is 0.0546 e. The highest BCUT2D eigenvalue weighted by Crippen LogP contribution is 2.43. The quantitative estimate of drug-likeness (QED) is 0.150. The predicted octanol–water partition coefficient (Wildman–Crippen LogP) is 15.3. The van der Waals surface area contributed by atoms with Crippen molar-refractivity contribution in [1.82, 2.24) is 0 Å². The second kappa shape index (κ2) is 14.0. The number of hydrogen-bond donors (Lipinski definition) is 0. The number of hydrogen-bond acceptors (Lipinski definition) is 1. The highest BCUT2D eigenvalue weighted by molar-refractivity contribution is 6.14. The molecule has 0 N–H and O–H groups in total. The van der Waals surface area contributed by atoms with Crippen LogP contribution in [0, 0.1) is 0 Å². The van der Waals surface area contributed by atoms with Gasteiger partial charge in [0, 0.05) is 16.8 Å². The van der Waals surface area contributed by atoms with E-state index in [4.69, 9.17) is 0 Å². The first-order chi connectivity index (χ1) is 27.3. The van der Waals surface area contributed by atoms with Gasteiger partial charge in [-0.3, -0.25) is 0 Å². The normalized spacial score (nSPS) is 11.3. The molecular formula is C54H37N. The fraction of sp³-hybridized carbons (Fsp3) is 0. The third-order valence-corrected chi connectivity index (χ3v) is 10.8. The zero-order valence-electron chi connectivity index (χ0n) is 30.3. The summed E-state index contributed by atoms with van der Waals surface area (Å²) in [6.45, 7) is 0. The highest BCUT2D eigenvalue weighted by atomic mass is 15.1. The van der Waals surface area contributed by atoms with Gasteiger partial charge in [-0.1, -0.05) is 182 Å². The van der Waals surface area contributed by atoms with Crippen molar-refractivity contribution in [3.05, 3.63) is 224 Å². The van der Waals surface area contributed by atoms with Crippen molar-refractivity contribution in [2.45, 2.75) is 0 Å². The summed E-state index contributed by atoms with van der Waals surface area (Å²) in [7, 11) is 0. The third kappa shape index (κ3) is 6.12. The smallest absolute Gasteiger partial charge is 0.0546 e. The van der Waals surface area contributed by atoms with Crippen molar-refractivity contribution in [1.29, 1.82) is 0 Å². The fourth-order valence-electron chi connectivity index (χ4n) is 8.11. The van der Waals surface area contributed by atoms with E-state index in [1.165, 1.54) is 76.8 Å². The Morgan fingerprint density at radius 1 is 0.236 bits per heavy atom. The molecule has 10 rings (SSSR count). The topological polar surface area (TPSA) is 3.24 Å². The summed E-state index contributed by atoms with van der Waals surface area (Å²) < 4.78 is 0. The molecule has 0 aromatic heterocycles. The van der Waals surface area contributed by atoms with Gasteiger partial charge in [0.05, 0.1) is 5.69 Å². The van der Waals surface area contributed by atoms with E-state index in [1.807, 2.05) is 0 Å². The molecule has 0 radical (unpaired) electrons. The summed E-state index contributed by atoms with van der Waals surface area (Å²) in [5, 5.41) is 7.47. The van der Waals surface area contributed by atoms with Gasteiger partial charge < -0.3 is 4.90 Å². The number of nitrogens with zero attached hydrogens (tertiary/aromatic N) is 1. The molecule has 55 heavy (non-hydrogen) atoms. The van der Waals surface area contributed by atoms with Gasteiger partial charge in [0.25, 0.3) is 0 Å². The number of fused-ring (bicyclic) bond motifs is 4. The minimum absolute atomic E-state index is 1.10. The van der Waals surface area contributed by atoms with Crippen molar-refractivity contribution in [3.63, 3.8) is 0 Å². The van der Waals surface area contributed by atoms with Gasteiger partial charge in [-0.25, -0.2) is 0 Å². The molecule has 1 heteroatoms. The van der Waals surface area contributed by atoms with E-state index in [0.29, 0.717) is 0 Å². The zero-order chi connectivity index (χ0) is 36.6. The molecule has 0 amide bonds. The lowest BCUT2D eigenvalue weighted by Gasteiger charge is -2.28. The van der Waals surface area contributed by atoms with Crippen LogP contribution in [-0.4, -0.2) is 0 Å². The van der Waals surface area contributed by atoms with Crippen LogP contribution in [0.4, 0.5) is 17.1 Å². The van der Waals surface area contributed by atoms with E-state index in [2.05, 4.69) is 229 Å². The predicted molar refractivity (Wildman–Crippen MR) is 235 cm³/mol. The second-order valence-corrected chi connectivity index (χ2v) is 14.1. The van der Waals surface area contributed by atoms with Crippen molar-refractivity contribution in [3.8, 4) is 44.5 Å². The van der Waals surface area contributed by atoms with E-state index in [0.717, 1.165) is 17.1 Å². The van der Waals surface area contributed by atoms with Gasteiger partial charge in [-0.2, -0.15) is 0 Å². The summed E-state index contributed by atoms with van der Waals surface area (Å²) in [4.78, 5) is 2.41. The van der Waals surface area contributed by atoms with Crippen molar-refractivity contribution >= 4 is 49.4 Å². The van der Waals surface area contributed by atoms with Crippen LogP contribution < -0.4 is 4.90 Å². The summed E-state index contributed by atoms with van der Waals surface area (Å²) in [6.07, 6.45) is 0. The molecule has 0 fully saturated rings. The highest BCUT2D eigenvalue weighted by Gasteiger charge is 2.18. The third-order valence-electron chi connectivity index (χ3n) is 10.8. The average Bonchev–Trinajstić information content (AvgIpc) is 3.27. The van der Waals surface area contributed by atoms with Crippen LogP contribution in [0.3, 0.4) is 0 Å². The molecule has 258 valence electrons. The summed E-state index contributed by atoms with van der Waals surface area (Å²) >= 11 is 0. The van der Waals surface area contributed by atoms with Crippen LogP contribution in [-0.2, 0) is 0 Å². The van der Waals surface area contributed by atoms with Crippen molar-refractivity contribution in [2.75, 3.05) is 4.90 Å². The molecule has 0 saturated heterocycles. The van der Waals surface area contributed by atoms with Crippen LogP contribution in [0.5, 0.6) is 0 Å². The van der Waals surface area contributed by atoms with E-state index in [-0.39, 0.29) is 0 Å². The Balaban J connectivity index is 1.07. The van der Waals surface area contributed by atoms with Crippen LogP contribution >= 0.6 is 0 Å². The first-order valence-corrected chi connectivity index (χ1v) is 18.9. The molecule has 0 aliphatic carbocycles. The molecule has 0 unspecified atom stereocenters. The first kappa shape index (κ1) is 32.4. The van der Waals surface area contributed by atoms with Crippen LogP contribution in [0.25, 0.3) is 76.8 Å². The van der Waals surface area contributed by atoms with E-state index >= 15 is 0 Å². The van der Waals surface area contributed by atoms with Crippen LogP contribution in [0.15, 0.2) is 224 Å². The lowest BCUT2D eigenvalue weighted by molar-refractivity contribution is 1.30.